The van der Waals surface area contributed by atoms with Crippen LogP contribution in [0, 0.1) is 6.92 Å². The molecule has 0 fully saturated rings. The van der Waals surface area contributed by atoms with E-state index in [2.05, 4.69) is 70.3 Å². The molecule has 0 bridgehead atoms. The van der Waals surface area contributed by atoms with Crippen molar-refractivity contribution in [1.29, 1.82) is 0 Å². The van der Waals surface area contributed by atoms with Crippen molar-refractivity contribution in [3.05, 3.63) is 69.7 Å². The van der Waals surface area contributed by atoms with Gasteiger partial charge in [0.2, 0.25) is 5.88 Å². The third-order valence-corrected chi connectivity index (χ3v) is 4.42. The van der Waals surface area contributed by atoms with Gasteiger partial charge in [0.1, 0.15) is 0 Å². The summed E-state index contributed by atoms with van der Waals surface area (Å²) in [4.78, 5) is 4.65. The van der Waals surface area contributed by atoms with Crippen LogP contribution in [0.3, 0.4) is 0 Å². The van der Waals surface area contributed by atoms with Crippen molar-refractivity contribution in [2.45, 2.75) is 13.3 Å². The summed E-state index contributed by atoms with van der Waals surface area (Å²) < 4.78 is 6.58. The second-order valence-corrected chi connectivity index (χ2v) is 5.97. The van der Waals surface area contributed by atoms with E-state index in [0.29, 0.717) is 5.88 Å². The van der Waals surface area contributed by atoms with Crippen LogP contribution in [0.4, 0.5) is 0 Å². The van der Waals surface area contributed by atoms with Crippen molar-refractivity contribution in [1.82, 2.24) is 4.98 Å². The molecule has 0 aliphatic heterocycles. The average Bonchev–Trinajstić information content (AvgIpc) is 2.49. The number of benzene rings is 2. The molecule has 21 heavy (non-hydrogen) atoms. The number of aromatic nitrogens is 1. The van der Waals surface area contributed by atoms with E-state index in [1.54, 1.807) is 7.11 Å². The zero-order chi connectivity index (χ0) is 14.8. The minimum Gasteiger partial charge on any atom is -0.481 e. The van der Waals surface area contributed by atoms with Crippen molar-refractivity contribution >= 4 is 26.8 Å². The highest BCUT2D eigenvalue weighted by Gasteiger charge is 2.09. The highest BCUT2D eigenvalue weighted by Crippen LogP contribution is 2.28. The molecule has 0 spiro atoms. The zero-order valence-corrected chi connectivity index (χ0v) is 13.6. The first kappa shape index (κ1) is 14.1. The molecule has 0 N–H and O–H groups in total. The van der Waals surface area contributed by atoms with Crippen LogP contribution in [-0.2, 0) is 6.42 Å². The predicted octanol–water partition coefficient (Wildman–Crippen LogP) is 4.91. The summed E-state index contributed by atoms with van der Waals surface area (Å²) in [7, 11) is 1.67. The molecule has 0 unspecified atom stereocenters. The molecule has 0 saturated carbocycles. The van der Waals surface area contributed by atoms with Crippen LogP contribution in [0.5, 0.6) is 5.88 Å². The molecule has 3 heteroatoms. The lowest BCUT2D eigenvalue weighted by atomic mass is 10.0. The van der Waals surface area contributed by atoms with Crippen molar-refractivity contribution in [3.63, 3.8) is 0 Å². The first-order valence-corrected chi connectivity index (χ1v) is 7.64. The quantitative estimate of drug-likeness (QED) is 0.675. The Morgan fingerprint density at radius 2 is 1.86 bits per heavy atom. The molecule has 1 heterocycles. The van der Waals surface area contributed by atoms with Crippen LogP contribution in [0.2, 0.25) is 0 Å². The van der Waals surface area contributed by atoms with Gasteiger partial charge in [-0.05, 0) is 36.2 Å². The van der Waals surface area contributed by atoms with E-state index in [0.717, 1.165) is 27.4 Å². The molecule has 1 aromatic heterocycles. The van der Waals surface area contributed by atoms with Crippen LogP contribution in [-0.4, -0.2) is 12.1 Å². The van der Waals surface area contributed by atoms with Crippen LogP contribution in [0.25, 0.3) is 10.9 Å². The molecule has 3 rings (SSSR count). The van der Waals surface area contributed by atoms with E-state index in [1.807, 2.05) is 6.07 Å². The number of aryl methyl sites for hydroxylation is 1. The number of hydrogen-bond acceptors (Lipinski definition) is 2. The maximum Gasteiger partial charge on any atom is 0.217 e. The molecule has 0 radical (unpaired) electrons. The van der Waals surface area contributed by atoms with Gasteiger partial charge < -0.3 is 4.74 Å². The van der Waals surface area contributed by atoms with E-state index >= 15 is 0 Å². The van der Waals surface area contributed by atoms with Crippen LogP contribution < -0.4 is 4.74 Å². The minimum atomic E-state index is 0.702. The van der Waals surface area contributed by atoms with Gasteiger partial charge in [-0.15, -0.1) is 0 Å². The fourth-order valence-electron chi connectivity index (χ4n) is 2.44. The Hall–Kier alpha value is -1.87. The van der Waals surface area contributed by atoms with Crippen molar-refractivity contribution in [2.75, 3.05) is 7.11 Å². The Bertz CT molecular complexity index is 784. The molecule has 2 nitrogen and oxygen atoms in total. The number of rotatable bonds is 3. The maximum atomic E-state index is 5.47. The summed E-state index contributed by atoms with van der Waals surface area (Å²) in [6, 6.07) is 16.7. The fraction of sp³-hybridized carbons (Fsp3) is 0.167. The minimum absolute atomic E-state index is 0.702. The Morgan fingerprint density at radius 1 is 1.10 bits per heavy atom. The Morgan fingerprint density at radius 3 is 2.57 bits per heavy atom. The molecule has 0 atom stereocenters. The third kappa shape index (κ3) is 2.93. The molecule has 3 aromatic rings. The number of nitrogens with zero attached hydrogens (tertiary/aromatic N) is 1. The Labute approximate surface area is 132 Å². The summed E-state index contributed by atoms with van der Waals surface area (Å²) in [5, 5.41) is 1.12. The lowest BCUT2D eigenvalue weighted by molar-refractivity contribution is 0.395. The summed E-state index contributed by atoms with van der Waals surface area (Å²) in [5.41, 5.74) is 4.49. The van der Waals surface area contributed by atoms with Crippen LogP contribution in [0.15, 0.2) is 53.0 Å². The fourth-order valence-corrected chi connectivity index (χ4v) is 2.80. The molecular weight excluding hydrogens is 326 g/mol. The van der Waals surface area contributed by atoms with Crippen molar-refractivity contribution < 1.29 is 4.74 Å². The van der Waals surface area contributed by atoms with Crippen LogP contribution >= 0.6 is 15.9 Å². The second-order valence-electron chi connectivity index (χ2n) is 5.11. The normalized spacial score (nSPS) is 10.8. The highest BCUT2D eigenvalue weighted by molar-refractivity contribution is 9.10. The van der Waals surface area contributed by atoms with E-state index < -0.39 is 0 Å². The third-order valence-electron chi connectivity index (χ3n) is 3.57. The van der Waals surface area contributed by atoms with E-state index in [9.17, 15) is 0 Å². The molecular formula is C18H16BrNO. The Kier molecular flexibility index (Phi) is 3.93. The maximum absolute atomic E-state index is 5.47. The molecule has 0 aliphatic carbocycles. The van der Waals surface area contributed by atoms with Gasteiger partial charge in [0.05, 0.1) is 12.6 Å². The topological polar surface area (TPSA) is 22.1 Å². The number of hydrogen-bond donors (Lipinski definition) is 0. The van der Waals surface area contributed by atoms with Gasteiger partial charge in [-0.25, -0.2) is 4.98 Å². The average molecular weight is 342 g/mol. The number of halogens is 1. The first-order chi connectivity index (χ1) is 10.2. The second kappa shape index (κ2) is 5.86. The predicted molar refractivity (Wildman–Crippen MR) is 90.0 cm³/mol. The van der Waals surface area contributed by atoms with Gasteiger partial charge in [0, 0.05) is 21.8 Å². The monoisotopic (exact) mass is 341 g/mol. The molecule has 0 amide bonds. The molecule has 0 saturated heterocycles. The van der Waals surface area contributed by atoms with Crippen molar-refractivity contribution in [2.24, 2.45) is 0 Å². The number of methoxy groups -OCH3 is 1. The molecule has 0 aliphatic rings. The lowest BCUT2D eigenvalue weighted by Gasteiger charge is -2.11. The summed E-state index contributed by atoms with van der Waals surface area (Å²) >= 11 is 3.58. The number of ether oxygens (including phenoxy) is 1. The number of fused-ring (bicyclic) bond motifs is 1. The largest absolute Gasteiger partial charge is 0.481 e. The lowest BCUT2D eigenvalue weighted by Crippen LogP contribution is -1.97. The van der Waals surface area contributed by atoms with E-state index in [-0.39, 0.29) is 0 Å². The molecule has 2 aromatic carbocycles. The highest BCUT2D eigenvalue weighted by atomic mass is 79.9. The van der Waals surface area contributed by atoms with E-state index in [4.69, 9.17) is 4.74 Å². The van der Waals surface area contributed by atoms with Gasteiger partial charge in [-0.2, -0.15) is 0 Å². The summed E-state index contributed by atoms with van der Waals surface area (Å²) in [6.45, 7) is 2.07. The van der Waals surface area contributed by atoms with Gasteiger partial charge in [-0.1, -0.05) is 46.3 Å². The summed E-state index contributed by atoms with van der Waals surface area (Å²) in [6.07, 6.45) is 0.818. The van der Waals surface area contributed by atoms with Crippen LogP contribution in [0.1, 0.15) is 16.7 Å². The van der Waals surface area contributed by atoms with Gasteiger partial charge in [-0.3, -0.25) is 0 Å². The molecule has 106 valence electrons. The number of pyridine rings is 1. The first-order valence-electron chi connectivity index (χ1n) is 6.85. The zero-order valence-electron chi connectivity index (χ0n) is 12.1. The summed E-state index contributed by atoms with van der Waals surface area (Å²) in [5.74, 6) is 0.702. The van der Waals surface area contributed by atoms with Gasteiger partial charge in [0.25, 0.3) is 0 Å². The van der Waals surface area contributed by atoms with Gasteiger partial charge >= 0.3 is 0 Å². The SMILES string of the molecule is COc1nc2cc(C)c(Br)cc2cc1Cc1ccccc1. The standard InChI is InChI=1S/C18H16BrNO/c1-12-8-17-14(11-16(12)19)10-15(18(20-17)21-2)9-13-6-4-3-5-7-13/h3-8,10-11H,9H2,1-2H3. The van der Waals surface area contributed by atoms with E-state index in [1.165, 1.54) is 11.1 Å². The smallest absolute Gasteiger partial charge is 0.217 e. The Balaban J connectivity index is 2.10. The van der Waals surface area contributed by atoms with Crippen molar-refractivity contribution in [3.8, 4) is 5.88 Å². The van der Waals surface area contributed by atoms with Gasteiger partial charge in [0.15, 0.2) is 0 Å².